The van der Waals surface area contributed by atoms with E-state index >= 15 is 0 Å². The topological polar surface area (TPSA) is 222 Å². The number of nitrogens with zero attached hydrogens (tertiary/aromatic N) is 4. The maximum absolute atomic E-state index is 13.2. The van der Waals surface area contributed by atoms with Crippen LogP contribution in [0, 0.1) is 13.8 Å². The quantitative estimate of drug-likeness (QED) is 0.0964. The fourth-order valence-corrected chi connectivity index (χ4v) is 12.2. The summed E-state index contributed by atoms with van der Waals surface area (Å²) in [6.07, 6.45) is 4.32. The molecule has 2 aliphatic heterocycles. The number of likely N-dealkylation sites (N-methyl/N-ethyl adjacent to an activating group) is 1. The molecule has 2 aliphatic rings. The van der Waals surface area contributed by atoms with Gasteiger partial charge in [0, 0.05) is 87.1 Å². The Balaban J connectivity index is 0.000000172. The highest BCUT2D eigenvalue weighted by Crippen LogP contribution is 2.28. The largest absolute Gasteiger partial charge is 0.384 e. The molecule has 5 N–H and O–H groups in total. The Kier molecular flexibility index (Phi) is 12.7. The second-order valence-corrected chi connectivity index (χ2v) is 22.5. The van der Waals surface area contributed by atoms with Crippen LogP contribution in [0.3, 0.4) is 0 Å². The summed E-state index contributed by atoms with van der Waals surface area (Å²) in [5, 5.41) is 11.3. The Hall–Kier alpha value is -7.59. The predicted octanol–water partition coefficient (Wildman–Crippen LogP) is 7.40. The van der Waals surface area contributed by atoms with Crippen molar-refractivity contribution in [2.45, 2.75) is 28.7 Å². The first-order valence-corrected chi connectivity index (χ1v) is 26.0. The van der Waals surface area contributed by atoms with E-state index in [0.29, 0.717) is 33.5 Å². The van der Waals surface area contributed by atoms with E-state index in [1.807, 2.05) is 59.0 Å². The zero-order valence-electron chi connectivity index (χ0n) is 37.1. The molecular weight excluding hydrogens is 959 g/mol. The molecule has 6 heterocycles. The standard InChI is InChI=1S/C25H23N5O4S2.C23H20N4O4S2/c1-16-3-10-22(35-16)36(33,34)28-25(32)27-19-5-7-20(8-6-19)30-13-11-17-15-18(4-9-21(17)24(30)31)23-26-12-14-29(23)2;1-14-2-7-21(32-14)33(30,31)26-23(29)25-17-3-5-18(6-4-17)27-11-9-15-13-20-16(8-10-24-20)12-19(15)22(27)28/h3-11,13,15H,12,14H2,1-2H3,(H2,27,28,32);2-7,9,11-13,24H,8,10H2,1H3,(H2,25,26,29). The lowest BCUT2D eigenvalue weighted by atomic mass is 10.1. The highest BCUT2D eigenvalue weighted by molar-refractivity contribution is 7.92. The van der Waals surface area contributed by atoms with Gasteiger partial charge in [0.05, 0.1) is 6.54 Å². The SMILES string of the molecule is Cc1ccc(S(=O)(=O)NC(=O)Nc2ccc(-n3ccc4cc(C5=NCCN5C)ccc4c3=O)cc2)s1.Cc1ccc(S(=O)(=O)NC(=O)Nc2ccc(-n3ccc4cc5c(cc4c3=O)CCN5)cc2)s1. The molecule has 0 spiro atoms. The Morgan fingerprint density at radius 1 is 0.638 bits per heavy atom. The minimum absolute atomic E-state index is 0.0662. The molecule has 4 aromatic carbocycles. The molecule has 0 saturated carbocycles. The van der Waals surface area contributed by atoms with Gasteiger partial charge in [-0.25, -0.2) is 35.9 Å². The number of carbonyl (C=O) groups excluding carboxylic acids is 2. The van der Waals surface area contributed by atoms with E-state index in [-0.39, 0.29) is 19.5 Å². The highest BCUT2D eigenvalue weighted by atomic mass is 32.3. The molecule has 10 rings (SSSR count). The zero-order valence-corrected chi connectivity index (χ0v) is 40.4. The predicted molar refractivity (Wildman–Crippen MR) is 272 cm³/mol. The summed E-state index contributed by atoms with van der Waals surface area (Å²) in [5.41, 5.74) is 4.91. The van der Waals surface area contributed by atoms with Crippen molar-refractivity contribution < 1.29 is 26.4 Å². The molecule has 0 unspecified atom stereocenters. The van der Waals surface area contributed by atoms with Gasteiger partial charge in [-0.05, 0) is 146 Å². The van der Waals surface area contributed by atoms with Gasteiger partial charge in [-0.15, -0.1) is 22.7 Å². The number of benzene rings is 4. The third-order valence-electron chi connectivity index (χ3n) is 11.3. The van der Waals surface area contributed by atoms with Crippen molar-refractivity contribution in [3.63, 3.8) is 0 Å². The summed E-state index contributed by atoms with van der Waals surface area (Å²) in [6.45, 7) is 6.09. The lowest BCUT2D eigenvalue weighted by Crippen LogP contribution is -2.33. The monoisotopic (exact) mass is 1000 g/mol. The number of pyridine rings is 2. The molecule has 4 aromatic heterocycles. The van der Waals surface area contributed by atoms with E-state index in [0.717, 1.165) is 91.9 Å². The second-order valence-electron chi connectivity index (χ2n) is 16.1. The van der Waals surface area contributed by atoms with Crippen molar-refractivity contribution in [2.24, 2.45) is 4.99 Å². The van der Waals surface area contributed by atoms with Crippen LogP contribution < -0.4 is 36.5 Å². The van der Waals surface area contributed by atoms with Crippen molar-refractivity contribution in [1.82, 2.24) is 23.5 Å². The van der Waals surface area contributed by atoms with E-state index < -0.39 is 32.1 Å². The second kappa shape index (κ2) is 18.8. The van der Waals surface area contributed by atoms with E-state index in [9.17, 15) is 36.0 Å². The number of amidine groups is 1. The molecule has 4 amide bonds. The minimum Gasteiger partial charge on any atom is -0.384 e. The first kappa shape index (κ1) is 46.5. The van der Waals surface area contributed by atoms with Gasteiger partial charge < -0.3 is 20.9 Å². The van der Waals surface area contributed by atoms with Crippen LogP contribution in [0.15, 0.2) is 151 Å². The number of urea groups is 2. The van der Waals surface area contributed by atoms with Gasteiger partial charge in [0.1, 0.15) is 14.3 Å². The van der Waals surface area contributed by atoms with Gasteiger partial charge in [0.2, 0.25) is 0 Å². The summed E-state index contributed by atoms with van der Waals surface area (Å²) in [6, 6.07) is 31.1. The third-order valence-corrected chi connectivity index (χ3v) is 16.9. The number of aromatic nitrogens is 2. The van der Waals surface area contributed by atoms with Crippen LogP contribution in [-0.4, -0.2) is 75.4 Å². The number of thiophene rings is 2. The lowest BCUT2D eigenvalue weighted by molar-refractivity contribution is 0.255. The number of hydrogen-bond acceptors (Lipinski definition) is 13. The van der Waals surface area contributed by atoms with E-state index in [1.54, 1.807) is 91.5 Å². The number of amides is 4. The Labute approximate surface area is 403 Å². The van der Waals surface area contributed by atoms with Gasteiger partial charge >= 0.3 is 12.1 Å². The van der Waals surface area contributed by atoms with Crippen molar-refractivity contribution >= 4 is 99.2 Å². The van der Waals surface area contributed by atoms with Gasteiger partial charge in [0.15, 0.2) is 0 Å². The first-order valence-electron chi connectivity index (χ1n) is 21.4. The molecule has 0 atom stereocenters. The summed E-state index contributed by atoms with van der Waals surface area (Å²) >= 11 is 2.17. The molecule has 0 radical (unpaired) electrons. The fourth-order valence-electron chi connectivity index (χ4n) is 7.86. The van der Waals surface area contributed by atoms with Crippen LogP contribution in [-0.2, 0) is 26.5 Å². The molecule has 17 nitrogen and oxygen atoms in total. The Bertz CT molecular complexity index is 3710. The average Bonchev–Trinajstić information content (AvgIpc) is 4.16. The number of rotatable bonds is 9. The first-order chi connectivity index (χ1) is 33.0. The van der Waals surface area contributed by atoms with Crippen LogP contribution in [0.5, 0.6) is 0 Å². The van der Waals surface area contributed by atoms with Crippen molar-refractivity contribution in [3.05, 3.63) is 169 Å². The normalized spacial score (nSPS) is 13.3. The van der Waals surface area contributed by atoms with Gasteiger partial charge in [0.25, 0.3) is 31.2 Å². The van der Waals surface area contributed by atoms with E-state index in [2.05, 4.69) is 25.8 Å². The molecule has 352 valence electrons. The molecule has 0 bridgehead atoms. The van der Waals surface area contributed by atoms with Gasteiger partial charge in [-0.2, -0.15) is 0 Å². The Morgan fingerprint density at radius 2 is 1.16 bits per heavy atom. The fraction of sp³-hybridized carbons (Fsp3) is 0.146. The van der Waals surface area contributed by atoms with Crippen molar-refractivity contribution in [3.8, 4) is 11.4 Å². The number of sulfonamides is 2. The van der Waals surface area contributed by atoms with Crippen LogP contribution in [0.2, 0.25) is 0 Å². The van der Waals surface area contributed by atoms with Crippen molar-refractivity contribution in [1.29, 1.82) is 0 Å². The van der Waals surface area contributed by atoms with Crippen LogP contribution in [0.1, 0.15) is 20.9 Å². The lowest BCUT2D eigenvalue weighted by Gasteiger charge is -2.14. The zero-order chi connectivity index (χ0) is 48.6. The maximum Gasteiger partial charge on any atom is 0.333 e. The van der Waals surface area contributed by atoms with Crippen LogP contribution in [0.25, 0.3) is 32.9 Å². The summed E-state index contributed by atoms with van der Waals surface area (Å²) < 4.78 is 56.5. The van der Waals surface area contributed by atoms with E-state index in [4.69, 9.17) is 0 Å². The number of hydrogen-bond donors (Lipinski definition) is 5. The molecule has 69 heavy (non-hydrogen) atoms. The average molecular weight is 1000 g/mol. The summed E-state index contributed by atoms with van der Waals surface area (Å²) in [7, 11) is -5.88. The summed E-state index contributed by atoms with van der Waals surface area (Å²) in [4.78, 5) is 59.0. The van der Waals surface area contributed by atoms with Gasteiger partial charge in [-0.1, -0.05) is 6.07 Å². The Morgan fingerprint density at radius 3 is 1.65 bits per heavy atom. The number of fused-ring (bicyclic) bond motifs is 3. The van der Waals surface area contributed by atoms with Crippen LogP contribution in [0.4, 0.5) is 26.7 Å². The maximum atomic E-state index is 13.2. The smallest absolute Gasteiger partial charge is 0.333 e. The van der Waals surface area contributed by atoms with Gasteiger partial charge in [-0.3, -0.25) is 23.7 Å². The van der Waals surface area contributed by atoms with Crippen molar-refractivity contribution in [2.75, 3.05) is 42.6 Å². The minimum atomic E-state index is -3.95. The third kappa shape index (κ3) is 10.0. The highest BCUT2D eigenvalue weighted by Gasteiger charge is 2.22. The number of nitrogens with one attached hydrogen (secondary N) is 5. The number of aliphatic imine (C=N–C) groups is 1. The number of anilines is 3. The van der Waals surface area contributed by atoms with E-state index in [1.165, 1.54) is 16.7 Å². The molecule has 0 saturated heterocycles. The molecule has 8 aromatic rings. The van der Waals surface area contributed by atoms with Crippen LogP contribution >= 0.6 is 22.7 Å². The summed E-state index contributed by atoms with van der Waals surface area (Å²) in [5.74, 6) is 0.923. The number of carbonyl (C=O) groups is 2. The molecule has 0 aliphatic carbocycles. The molecule has 21 heteroatoms. The molecule has 0 fully saturated rings. The molecular formula is C48H43N9O8S4. The number of aryl methyl sites for hydroxylation is 2.